The number of pyridine rings is 1. The van der Waals surface area contributed by atoms with Gasteiger partial charge in [-0.05, 0) is 50.9 Å². The fourth-order valence-corrected chi connectivity index (χ4v) is 5.08. The van der Waals surface area contributed by atoms with E-state index in [-0.39, 0.29) is 17.7 Å². The zero-order valence-electron chi connectivity index (χ0n) is 20.4. The van der Waals surface area contributed by atoms with E-state index in [0.717, 1.165) is 54.0 Å². The lowest BCUT2D eigenvalue weighted by molar-refractivity contribution is 0.134. The summed E-state index contributed by atoms with van der Waals surface area (Å²) < 4.78 is 8.24. The molecule has 4 aromatic rings. The van der Waals surface area contributed by atoms with Crippen molar-refractivity contribution in [2.75, 3.05) is 32.5 Å². The Morgan fingerprint density at radius 1 is 1.09 bits per heavy atom. The molecule has 35 heavy (non-hydrogen) atoms. The summed E-state index contributed by atoms with van der Waals surface area (Å²) in [6.45, 7) is 6.92. The standard InChI is InChI=1S/C26H31N7O2/c1-17-14-20(15-18(2)28-17)22-23(19-8-5-4-6-9-19)29-25(27)33-24(22)30-32(26(33)34)16-21-10-7-11-31(21)12-13-35-3/h4-6,8-9,14-15,21H,7,10-13,16H2,1-3H3,(H2,27,29)/t21-/m1/s1. The van der Waals surface area contributed by atoms with Gasteiger partial charge < -0.3 is 10.5 Å². The normalized spacial score (nSPS) is 16.4. The van der Waals surface area contributed by atoms with Crippen molar-refractivity contribution in [2.45, 2.75) is 39.3 Å². The number of nitrogens with two attached hydrogens (primary N) is 1. The molecule has 2 N–H and O–H groups in total. The number of hydrogen-bond acceptors (Lipinski definition) is 7. The lowest BCUT2D eigenvalue weighted by Gasteiger charge is -2.23. The Morgan fingerprint density at radius 3 is 2.54 bits per heavy atom. The number of anilines is 1. The van der Waals surface area contributed by atoms with Crippen LogP contribution in [-0.2, 0) is 11.3 Å². The van der Waals surface area contributed by atoms with Gasteiger partial charge in [0.05, 0.1) is 24.4 Å². The summed E-state index contributed by atoms with van der Waals surface area (Å²) in [6, 6.07) is 14.1. The third-order valence-corrected chi connectivity index (χ3v) is 6.64. The second kappa shape index (κ2) is 9.59. The Balaban J connectivity index is 1.69. The van der Waals surface area contributed by atoms with Crippen LogP contribution in [0.2, 0.25) is 0 Å². The lowest BCUT2D eigenvalue weighted by atomic mass is 9.99. The lowest BCUT2D eigenvalue weighted by Crippen LogP contribution is -2.38. The van der Waals surface area contributed by atoms with E-state index < -0.39 is 0 Å². The first-order valence-corrected chi connectivity index (χ1v) is 12.0. The number of aromatic nitrogens is 5. The van der Waals surface area contributed by atoms with Crippen LogP contribution in [0.5, 0.6) is 0 Å². The van der Waals surface area contributed by atoms with Crippen molar-refractivity contribution in [3.05, 3.63) is 64.3 Å². The topological polar surface area (TPSA) is 104 Å². The third-order valence-electron chi connectivity index (χ3n) is 6.64. The molecule has 3 aromatic heterocycles. The number of nitrogen functional groups attached to an aromatic ring is 1. The van der Waals surface area contributed by atoms with Crippen molar-refractivity contribution < 1.29 is 4.74 Å². The van der Waals surface area contributed by atoms with E-state index in [1.807, 2.05) is 56.3 Å². The summed E-state index contributed by atoms with van der Waals surface area (Å²) >= 11 is 0. The van der Waals surface area contributed by atoms with E-state index in [1.165, 1.54) is 4.40 Å². The number of likely N-dealkylation sites (tertiary alicyclic amines) is 1. The SMILES string of the molecule is COCCN1CCC[C@@H]1Cn1nc2c(-c3cc(C)nc(C)c3)c(-c3ccccc3)nc(N)n2c1=O. The first-order valence-electron chi connectivity index (χ1n) is 12.0. The first kappa shape index (κ1) is 23.2. The van der Waals surface area contributed by atoms with Gasteiger partial charge in [-0.2, -0.15) is 0 Å². The van der Waals surface area contributed by atoms with Crippen LogP contribution in [0.25, 0.3) is 28.0 Å². The number of fused-ring (bicyclic) bond motifs is 1. The number of ether oxygens (including phenoxy) is 1. The molecule has 0 spiro atoms. The van der Waals surface area contributed by atoms with Gasteiger partial charge >= 0.3 is 5.69 Å². The number of nitrogens with zero attached hydrogens (tertiary/aromatic N) is 6. The molecule has 1 aliphatic heterocycles. The van der Waals surface area contributed by atoms with Gasteiger partial charge in [0.1, 0.15) is 0 Å². The van der Waals surface area contributed by atoms with Crippen LogP contribution in [0.1, 0.15) is 24.2 Å². The minimum atomic E-state index is -0.271. The molecule has 1 fully saturated rings. The van der Waals surface area contributed by atoms with Crippen LogP contribution >= 0.6 is 0 Å². The van der Waals surface area contributed by atoms with Crippen molar-refractivity contribution in [3.63, 3.8) is 0 Å². The zero-order valence-corrected chi connectivity index (χ0v) is 20.4. The summed E-state index contributed by atoms with van der Waals surface area (Å²) in [4.78, 5) is 25.1. The van der Waals surface area contributed by atoms with Gasteiger partial charge in [-0.25, -0.2) is 18.9 Å². The summed E-state index contributed by atoms with van der Waals surface area (Å²) in [6.07, 6.45) is 2.11. The van der Waals surface area contributed by atoms with Crippen LogP contribution < -0.4 is 11.4 Å². The molecule has 0 radical (unpaired) electrons. The zero-order chi connectivity index (χ0) is 24.5. The van der Waals surface area contributed by atoms with E-state index in [0.29, 0.717) is 24.5 Å². The monoisotopic (exact) mass is 473 g/mol. The molecule has 0 saturated carbocycles. The predicted molar refractivity (Wildman–Crippen MR) is 136 cm³/mol. The highest BCUT2D eigenvalue weighted by Gasteiger charge is 2.27. The Hall–Kier alpha value is -3.56. The molecule has 0 unspecified atom stereocenters. The molecule has 1 aromatic carbocycles. The summed E-state index contributed by atoms with van der Waals surface area (Å²) in [5.74, 6) is 0.129. The molecule has 9 heteroatoms. The van der Waals surface area contributed by atoms with Crippen LogP contribution in [0.3, 0.4) is 0 Å². The van der Waals surface area contributed by atoms with Crippen LogP contribution in [-0.4, -0.2) is 61.9 Å². The molecular weight excluding hydrogens is 442 g/mol. The summed E-state index contributed by atoms with van der Waals surface area (Å²) in [7, 11) is 1.71. The summed E-state index contributed by atoms with van der Waals surface area (Å²) in [5.41, 5.74) is 11.7. The summed E-state index contributed by atoms with van der Waals surface area (Å²) in [5, 5.41) is 4.84. The number of methoxy groups -OCH3 is 1. The second-order valence-electron chi connectivity index (χ2n) is 9.15. The number of hydrogen-bond donors (Lipinski definition) is 1. The molecule has 1 saturated heterocycles. The van der Waals surface area contributed by atoms with Gasteiger partial charge in [0.2, 0.25) is 5.95 Å². The molecule has 1 aliphatic rings. The maximum Gasteiger partial charge on any atom is 0.353 e. The van der Waals surface area contributed by atoms with E-state index in [4.69, 9.17) is 20.6 Å². The fraction of sp³-hybridized carbons (Fsp3) is 0.385. The smallest absolute Gasteiger partial charge is 0.353 e. The van der Waals surface area contributed by atoms with Gasteiger partial charge in [-0.15, -0.1) is 5.10 Å². The Morgan fingerprint density at radius 2 is 1.83 bits per heavy atom. The highest BCUT2D eigenvalue weighted by Crippen LogP contribution is 2.34. The van der Waals surface area contributed by atoms with Crippen LogP contribution in [0, 0.1) is 13.8 Å². The largest absolute Gasteiger partial charge is 0.383 e. The molecule has 1 atom stereocenters. The Labute approximate surface area is 204 Å². The Kier molecular flexibility index (Phi) is 6.36. The van der Waals surface area contributed by atoms with Gasteiger partial charge in [-0.1, -0.05) is 30.3 Å². The minimum Gasteiger partial charge on any atom is -0.383 e. The Bertz CT molecular complexity index is 1390. The van der Waals surface area contributed by atoms with E-state index in [2.05, 4.69) is 9.88 Å². The number of aryl methyl sites for hydroxylation is 2. The second-order valence-corrected chi connectivity index (χ2v) is 9.15. The molecule has 0 bridgehead atoms. The highest BCUT2D eigenvalue weighted by molar-refractivity contribution is 5.90. The maximum atomic E-state index is 13.5. The molecule has 0 amide bonds. The first-order chi connectivity index (χ1) is 17.0. The predicted octanol–water partition coefficient (Wildman–Crippen LogP) is 2.93. The van der Waals surface area contributed by atoms with E-state index in [1.54, 1.807) is 11.8 Å². The number of benzene rings is 1. The molecular formula is C26H31N7O2. The van der Waals surface area contributed by atoms with E-state index in [9.17, 15) is 4.79 Å². The number of rotatable bonds is 7. The average molecular weight is 474 g/mol. The van der Waals surface area contributed by atoms with Gasteiger partial charge in [0, 0.05) is 36.6 Å². The van der Waals surface area contributed by atoms with Gasteiger partial charge in [-0.3, -0.25) is 9.88 Å². The van der Waals surface area contributed by atoms with Crippen molar-refractivity contribution in [3.8, 4) is 22.4 Å². The molecule has 9 nitrogen and oxygen atoms in total. The minimum absolute atomic E-state index is 0.129. The fourth-order valence-electron chi connectivity index (χ4n) is 5.08. The van der Waals surface area contributed by atoms with Crippen LogP contribution in [0.15, 0.2) is 47.3 Å². The average Bonchev–Trinajstić information content (AvgIpc) is 3.41. The molecule has 5 rings (SSSR count). The van der Waals surface area contributed by atoms with Crippen LogP contribution in [0.4, 0.5) is 5.95 Å². The molecule has 4 heterocycles. The highest BCUT2D eigenvalue weighted by atomic mass is 16.5. The van der Waals surface area contributed by atoms with Crippen molar-refractivity contribution in [1.82, 2.24) is 29.0 Å². The van der Waals surface area contributed by atoms with Crippen molar-refractivity contribution >= 4 is 11.6 Å². The molecule has 182 valence electrons. The molecule has 0 aliphatic carbocycles. The quantitative estimate of drug-likeness (QED) is 0.440. The van der Waals surface area contributed by atoms with Gasteiger partial charge in [0.25, 0.3) is 0 Å². The third kappa shape index (κ3) is 4.44. The maximum absolute atomic E-state index is 13.5. The van der Waals surface area contributed by atoms with Crippen molar-refractivity contribution in [1.29, 1.82) is 0 Å². The van der Waals surface area contributed by atoms with Crippen molar-refractivity contribution in [2.24, 2.45) is 0 Å². The van der Waals surface area contributed by atoms with E-state index >= 15 is 0 Å². The van der Waals surface area contributed by atoms with Gasteiger partial charge in [0.15, 0.2) is 5.65 Å².